The van der Waals surface area contributed by atoms with E-state index in [9.17, 15) is 0 Å². The van der Waals surface area contributed by atoms with Crippen LogP contribution in [-0.4, -0.2) is 48.5 Å². The number of likely N-dealkylation sites (N-methyl/N-ethyl adjacent to an activating group) is 1. The van der Waals surface area contributed by atoms with Gasteiger partial charge in [0, 0.05) is 23.0 Å². The molecule has 0 amide bonds. The Morgan fingerprint density at radius 2 is 1.92 bits per heavy atom. The number of aliphatic hydroxyl groups excluding tert-OH is 2. The van der Waals surface area contributed by atoms with Crippen molar-refractivity contribution in [1.82, 2.24) is 4.90 Å². The summed E-state index contributed by atoms with van der Waals surface area (Å²) in [5.74, 6) is 0. The van der Waals surface area contributed by atoms with Crippen molar-refractivity contribution < 1.29 is 10.2 Å². The molecule has 0 heterocycles. The van der Waals surface area contributed by atoms with Gasteiger partial charge in [-0.05, 0) is 7.05 Å². The van der Waals surface area contributed by atoms with Crippen LogP contribution in [-0.2, 0) is 0 Å². The van der Waals surface area contributed by atoms with Gasteiger partial charge in [0.25, 0.3) is 0 Å². The molecule has 0 rings (SSSR count). The second-order valence-electron chi connectivity index (χ2n) is 3.82. The summed E-state index contributed by atoms with van der Waals surface area (Å²) in [5.41, 5.74) is -0.433. The third-order valence-electron chi connectivity index (χ3n) is 1.86. The van der Waals surface area contributed by atoms with Gasteiger partial charge in [-0.3, -0.25) is 0 Å². The fourth-order valence-electron chi connectivity index (χ4n) is 1.15. The molecule has 4 heteroatoms. The van der Waals surface area contributed by atoms with Gasteiger partial charge in [-0.15, -0.1) is 0 Å². The van der Waals surface area contributed by atoms with Crippen molar-refractivity contribution in [3.63, 3.8) is 0 Å². The molecular weight excluding hydrogens is 234 g/mol. The van der Waals surface area contributed by atoms with Crippen molar-refractivity contribution in [3.05, 3.63) is 11.1 Å². The first-order valence-corrected chi connectivity index (χ1v) is 4.96. The van der Waals surface area contributed by atoms with Crippen LogP contribution in [0.25, 0.3) is 0 Å². The molecule has 0 aliphatic heterocycles. The highest BCUT2D eigenvalue weighted by Gasteiger charge is 2.24. The minimum atomic E-state index is -0.433. The Labute approximate surface area is 88.2 Å². The van der Waals surface area contributed by atoms with E-state index in [1.54, 1.807) is 0 Å². The third kappa shape index (κ3) is 5.41. The zero-order chi connectivity index (χ0) is 10.5. The van der Waals surface area contributed by atoms with Gasteiger partial charge in [-0.25, -0.2) is 0 Å². The molecule has 0 aromatic rings. The first kappa shape index (κ1) is 13.1. The van der Waals surface area contributed by atoms with Gasteiger partial charge in [-0.2, -0.15) is 0 Å². The minimum Gasteiger partial charge on any atom is -0.396 e. The maximum absolute atomic E-state index is 9.05. The highest BCUT2D eigenvalue weighted by atomic mass is 79.9. The molecule has 0 aromatic carbocycles. The molecule has 0 saturated carbocycles. The Morgan fingerprint density at radius 3 is 2.23 bits per heavy atom. The Morgan fingerprint density at radius 1 is 1.46 bits per heavy atom. The minimum absolute atomic E-state index is 0.0113. The topological polar surface area (TPSA) is 43.7 Å². The molecular formula is C9H18BrNO2. The van der Waals surface area contributed by atoms with E-state index in [0.29, 0.717) is 6.54 Å². The monoisotopic (exact) mass is 251 g/mol. The van der Waals surface area contributed by atoms with Crippen LogP contribution >= 0.6 is 15.9 Å². The fourth-order valence-corrected chi connectivity index (χ4v) is 1.58. The maximum atomic E-state index is 9.05. The van der Waals surface area contributed by atoms with Crippen molar-refractivity contribution in [2.24, 2.45) is 5.41 Å². The Balaban J connectivity index is 4.01. The van der Waals surface area contributed by atoms with Crippen LogP contribution in [0.15, 0.2) is 11.1 Å². The van der Waals surface area contributed by atoms with Crippen molar-refractivity contribution in [3.8, 4) is 0 Å². The fraction of sp³-hybridized carbons (Fsp3) is 0.778. The lowest BCUT2D eigenvalue weighted by Gasteiger charge is -2.30. The van der Waals surface area contributed by atoms with Crippen LogP contribution < -0.4 is 0 Å². The lowest BCUT2D eigenvalue weighted by Crippen LogP contribution is -2.39. The van der Waals surface area contributed by atoms with Crippen LogP contribution in [0.2, 0.25) is 0 Å². The van der Waals surface area contributed by atoms with E-state index in [1.807, 2.05) is 18.9 Å². The summed E-state index contributed by atoms with van der Waals surface area (Å²) in [6.45, 7) is 6.91. The molecule has 0 radical (unpaired) electrons. The van der Waals surface area contributed by atoms with E-state index in [2.05, 4.69) is 22.5 Å². The number of hydrogen-bond donors (Lipinski definition) is 2. The molecule has 78 valence electrons. The van der Waals surface area contributed by atoms with Gasteiger partial charge in [0.2, 0.25) is 0 Å². The highest BCUT2D eigenvalue weighted by Crippen LogP contribution is 2.16. The van der Waals surface area contributed by atoms with Crippen LogP contribution in [0.3, 0.4) is 0 Å². The number of hydrogen-bond acceptors (Lipinski definition) is 3. The quantitative estimate of drug-likeness (QED) is 0.735. The predicted octanol–water partition coefficient (Wildman–Crippen LogP) is 0.818. The number of rotatable bonds is 6. The molecule has 0 saturated heterocycles. The second-order valence-corrected chi connectivity index (χ2v) is 4.94. The van der Waals surface area contributed by atoms with Crippen LogP contribution in [0.5, 0.6) is 0 Å². The van der Waals surface area contributed by atoms with Gasteiger partial charge in [0.1, 0.15) is 0 Å². The Bertz CT molecular complexity index is 169. The average molecular weight is 252 g/mol. The summed E-state index contributed by atoms with van der Waals surface area (Å²) in [5, 5.41) is 18.1. The van der Waals surface area contributed by atoms with E-state index in [1.165, 1.54) is 0 Å². The summed E-state index contributed by atoms with van der Waals surface area (Å²) < 4.78 is 0.897. The SMILES string of the molecule is C=C(Br)CN(C)CC(C)(CO)CO. The highest BCUT2D eigenvalue weighted by molar-refractivity contribution is 9.11. The summed E-state index contributed by atoms with van der Waals surface area (Å²) in [7, 11) is 1.93. The van der Waals surface area contributed by atoms with Gasteiger partial charge >= 0.3 is 0 Å². The van der Waals surface area contributed by atoms with E-state index in [4.69, 9.17) is 10.2 Å². The number of nitrogens with zero attached hydrogens (tertiary/aromatic N) is 1. The third-order valence-corrected chi connectivity index (χ3v) is 2.11. The summed E-state index contributed by atoms with van der Waals surface area (Å²) >= 11 is 3.27. The van der Waals surface area contributed by atoms with Crippen molar-refractivity contribution in [2.45, 2.75) is 6.92 Å². The molecule has 13 heavy (non-hydrogen) atoms. The first-order valence-electron chi connectivity index (χ1n) is 4.17. The summed E-state index contributed by atoms with van der Waals surface area (Å²) in [6, 6.07) is 0. The van der Waals surface area contributed by atoms with Gasteiger partial charge in [0.05, 0.1) is 13.2 Å². The first-order chi connectivity index (χ1) is 5.93. The average Bonchev–Trinajstić information content (AvgIpc) is 2.02. The zero-order valence-electron chi connectivity index (χ0n) is 8.26. The van der Waals surface area contributed by atoms with Crippen LogP contribution in [0.4, 0.5) is 0 Å². The molecule has 0 fully saturated rings. The standard InChI is InChI=1S/C9H18BrNO2/c1-8(10)4-11(3)5-9(2,6-12)7-13/h12-13H,1,4-7H2,2-3H3. The molecule has 3 nitrogen and oxygen atoms in total. The van der Waals surface area contributed by atoms with Crippen molar-refractivity contribution in [1.29, 1.82) is 0 Å². The number of halogens is 1. The Kier molecular flexibility index (Phi) is 5.80. The van der Waals surface area contributed by atoms with E-state index in [0.717, 1.165) is 11.0 Å². The van der Waals surface area contributed by atoms with Crippen molar-refractivity contribution in [2.75, 3.05) is 33.4 Å². The smallest absolute Gasteiger partial charge is 0.0519 e. The summed E-state index contributed by atoms with van der Waals surface area (Å²) in [4.78, 5) is 2.00. The Hall–Kier alpha value is 0.1000. The molecule has 0 bridgehead atoms. The molecule has 0 aliphatic rings. The molecule has 0 spiro atoms. The largest absolute Gasteiger partial charge is 0.396 e. The maximum Gasteiger partial charge on any atom is 0.0519 e. The zero-order valence-corrected chi connectivity index (χ0v) is 9.84. The van der Waals surface area contributed by atoms with Gasteiger partial charge < -0.3 is 15.1 Å². The summed E-state index contributed by atoms with van der Waals surface area (Å²) in [6.07, 6.45) is 0. The lowest BCUT2D eigenvalue weighted by molar-refractivity contribution is 0.0446. The number of aliphatic hydroxyl groups is 2. The van der Waals surface area contributed by atoms with Crippen LogP contribution in [0, 0.1) is 5.41 Å². The van der Waals surface area contributed by atoms with E-state index in [-0.39, 0.29) is 13.2 Å². The predicted molar refractivity (Wildman–Crippen MR) is 57.8 cm³/mol. The van der Waals surface area contributed by atoms with Gasteiger partial charge in [-0.1, -0.05) is 29.4 Å². The molecule has 0 unspecified atom stereocenters. The lowest BCUT2D eigenvalue weighted by atomic mass is 9.92. The molecule has 2 N–H and O–H groups in total. The van der Waals surface area contributed by atoms with E-state index < -0.39 is 5.41 Å². The van der Waals surface area contributed by atoms with E-state index >= 15 is 0 Å². The van der Waals surface area contributed by atoms with Crippen molar-refractivity contribution >= 4 is 15.9 Å². The molecule has 0 aromatic heterocycles. The van der Waals surface area contributed by atoms with Gasteiger partial charge in [0.15, 0.2) is 0 Å². The van der Waals surface area contributed by atoms with Crippen LogP contribution in [0.1, 0.15) is 6.92 Å². The second kappa shape index (κ2) is 5.75. The molecule has 0 atom stereocenters. The normalized spacial score (nSPS) is 12.2. The molecule has 0 aliphatic carbocycles.